The Morgan fingerprint density at radius 2 is 1.19 bits per heavy atom. The minimum absolute atomic E-state index is 0.140. The van der Waals surface area contributed by atoms with Gasteiger partial charge in [0.15, 0.2) is 5.57 Å². The summed E-state index contributed by atoms with van der Waals surface area (Å²) in [6, 6.07) is 0. The largest absolute Gasteiger partial charge is 0.419 e. The van der Waals surface area contributed by atoms with Gasteiger partial charge in [-0.1, -0.05) is 0 Å². The van der Waals surface area contributed by atoms with E-state index in [4.69, 9.17) is 9.47 Å². The second-order valence-corrected chi connectivity index (χ2v) is 7.68. The van der Waals surface area contributed by atoms with Crippen LogP contribution in [0.15, 0.2) is 11.4 Å². The van der Waals surface area contributed by atoms with Crippen LogP contribution in [0.2, 0.25) is 0 Å². The zero-order chi connectivity index (χ0) is 16.6. The molecule has 6 nitrogen and oxygen atoms in total. The Hall–Kier alpha value is -1.72. The van der Waals surface area contributed by atoms with Crippen molar-refractivity contribution >= 4 is 11.9 Å². The molecule has 0 aliphatic carbocycles. The molecule has 0 saturated carbocycles. The molecular formula is C15H26N2O4. The van der Waals surface area contributed by atoms with Crippen LogP contribution in [0.3, 0.4) is 0 Å². The smallest absolute Gasteiger partial charge is 0.352 e. The molecule has 1 saturated heterocycles. The fourth-order valence-electron chi connectivity index (χ4n) is 1.76. The van der Waals surface area contributed by atoms with Crippen LogP contribution < -0.4 is 10.6 Å². The van der Waals surface area contributed by atoms with E-state index in [-0.39, 0.29) is 16.7 Å². The monoisotopic (exact) mass is 298 g/mol. The van der Waals surface area contributed by atoms with Gasteiger partial charge in [0.2, 0.25) is 0 Å². The fourth-order valence-corrected chi connectivity index (χ4v) is 1.76. The van der Waals surface area contributed by atoms with Crippen molar-refractivity contribution in [2.75, 3.05) is 0 Å². The Morgan fingerprint density at radius 3 is 1.48 bits per heavy atom. The van der Waals surface area contributed by atoms with E-state index in [9.17, 15) is 9.59 Å². The molecule has 6 heteroatoms. The summed E-state index contributed by atoms with van der Waals surface area (Å²) in [5.41, 5.74) is -0.818. The van der Waals surface area contributed by atoms with Crippen molar-refractivity contribution in [3.05, 3.63) is 11.4 Å². The number of carbonyl (C=O) groups excluding carboxylic acids is 2. The summed E-state index contributed by atoms with van der Waals surface area (Å²) < 4.78 is 10.3. The Balaban J connectivity index is 3.26. The highest BCUT2D eigenvalue weighted by atomic mass is 16.7. The van der Waals surface area contributed by atoms with Crippen LogP contribution in [-0.4, -0.2) is 28.8 Å². The quantitative estimate of drug-likeness (QED) is 0.460. The average molecular weight is 298 g/mol. The maximum atomic E-state index is 12.2. The van der Waals surface area contributed by atoms with Crippen molar-refractivity contribution in [1.82, 2.24) is 10.6 Å². The highest BCUT2D eigenvalue weighted by molar-refractivity contribution is 6.15. The lowest BCUT2D eigenvalue weighted by Crippen LogP contribution is -2.51. The van der Waals surface area contributed by atoms with E-state index in [1.54, 1.807) is 0 Å². The normalized spacial score (nSPS) is 18.8. The van der Waals surface area contributed by atoms with E-state index < -0.39 is 17.7 Å². The van der Waals surface area contributed by atoms with Gasteiger partial charge >= 0.3 is 11.9 Å². The van der Waals surface area contributed by atoms with Gasteiger partial charge in [-0.05, 0) is 41.5 Å². The van der Waals surface area contributed by atoms with Crippen molar-refractivity contribution < 1.29 is 19.1 Å². The minimum Gasteiger partial charge on any atom is -0.419 e. The van der Waals surface area contributed by atoms with Gasteiger partial charge in [-0.25, -0.2) is 9.59 Å². The van der Waals surface area contributed by atoms with E-state index in [1.807, 2.05) is 41.5 Å². The highest BCUT2D eigenvalue weighted by Gasteiger charge is 2.42. The van der Waals surface area contributed by atoms with Gasteiger partial charge < -0.3 is 20.1 Å². The van der Waals surface area contributed by atoms with Crippen molar-refractivity contribution in [3.63, 3.8) is 0 Å². The second-order valence-electron chi connectivity index (χ2n) is 7.68. The van der Waals surface area contributed by atoms with E-state index >= 15 is 0 Å². The highest BCUT2D eigenvalue weighted by Crippen LogP contribution is 2.24. The van der Waals surface area contributed by atoms with Gasteiger partial charge in [-0.3, -0.25) is 0 Å². The Bertz CT molecular complexity index is 439. The molecular weight excluding hydrogens is 272 g/mol. The molecule has 1 aliphatic heterocycles. The predicted octanol–water partition coefficient (Wildman–Crippen LogP) is 1.81. The summed E-state index contributed by atoms with van der Waals surface area (Å²) in [4.78, 5) is 24.3. The molecule has 120 valence electrons. The first-order valence-corrected chi connectivity index (χ1v) is 6.97. The van der Waals surface area contributed by atoms with E-state index in [2.05, 4.69) is 10.6 Å². The number of nitrogens with one attached hydrogen (secondary N) is 2. The molecule has 0 unspecified atom stereocenters. The van der Waals surface area contributed by atoms with Crippen molar-refractivity contribution in [1.29, 1.82) is 0 Å². The maximum Gasteiger partial charge on any atom is 0.352 e. The third-order valence-electron chi connectivity index (χ3n) is 2.34. The number of rotatable bonds is 2. The topological polar surface area (TPSA) is 76.7 Å². The molecule has 0 aromatic rings. The van der Waals surface area contributed by atoms with Crippen LogP contribution >= 0.6 is 0 Å². The van der Waals surface area contributed by atoms with Gasteiger partial charge in [0.25, 0.3) is 5.79 Å². The minimum atomic E-state index is -1.24. The number of carbonyl (C=O) groups is 2. The second kappa shape index (κ2) is 5.24. The lowest BCUT2D eigenvalue weighted by Gasteiger charge is -2.35. The van der Waals surface area contributed by atoms with Crippen molar-refractivity contribution in [3.8, 4) is 0 Å². The summed E-state index contributed by atoms with van der Waals surface area (Å²) in [6.07, 6.45) is 0. The third kappa shape index (κ3) is 5.28. The molecule has 1 fully saturated rings. The Morgan fingerprint density at radius 1 is 0.857 bits per heavy atom. The molecule has 0 aromatic heterocycles. The summed E-state index contributed by atoms with van der Waals surface area (Å²) in [5, 5.41) is 6.28. The van der Waals surface area contributed by atoms with Crippen LogP contribution in [0.1, 0.15) is 55.4 Å². The predicted molar refractivity (Wildman–Crippen MR) is 79.1 cm³/mol. The third-order valence-corrected chi connectivity index (χ3v) is 2.34. The van der Waals surface area contributed by atoms with Crippen molar-refractivity contribution in [2.45, 2.75) is 72.3 Å². The first-order valence-electron chi connectivity index (χ1n) is 6.97. The molecule has 2 N–H and O–H groups in total. The van der Waals surface area contributed by atoms with E-state index in [1.165, 1.54) is 13.8 Å². The maximum absolute atomic E-state index is 12.2. The molecule has 0 radical (unpaired) electrons. The fraction of sp³-hybridized carbons (Fsp3) is 0.733. The molecule has 0 amide bonds. The Labute approximate surface area is 126 Å². The van der Waals surface area contributed by atoms with Gasteiger partial charge in [0.05, 0.1) is 0 Å². The lowest BCUT2D eigenvalue weighted by atomic mass is 10.1. The number of ether oxygens (including phenoxy) is 2. The Kier molecular flexibility index (Phi) is 4.32. The molecule has 21 heavy (non-hydrogen) atoms. The first kappa shape index (κ1) is 17.3. The number of hydrogen-bond donors (Lipinski definition) is 2. The van der Waals surface area contributed by atoms with Gasteiger partial charge in [0, 0.05) is 24.9 Å². The summed E-state index contributed by atoms with van der Waals surface area (Å²) >= 11 is 0. The molecule has 0 bridgehead atoms. The SMILES string of the molecule is CC(C)(C)NC(NC(C)(C)C)=C1C(=O)OC(C)(C)OC1=O. The van der Waals surface area contributed by atoms with Crippen LogP contribution in [0.25, 0.3) is 0 Å². The summed E-state index contributed by atoms with van der Waals surface area (Å²) in [5.74, 6) is -2.31. The van der Waals surface area contributed by atoms with Gasteiger partial charge in [-0.2, -0.15) is 0 Å². The average Bonchev–Trinajstić information content (AvgIpc) is 2.06. The molecule has 1 rings (SSSR count). The molecule has 0 atom stereocenters. The zero-order valence-electron chi connectivity index (χ0n) is 14.1. The van der Waals surface area contributed by atoms with E-state index in [0.717, 1.165) is 0 Å². The van der Waals surface area contributed by atoms with Crippen LogP contribution in [-0.2, 0) is 19.1 Å². The van der Waals surface area contributed by atoms with Crippen LogP contribution in [0.5, 0.6) is 0 Å². The molecule has 1 heterocycles. The number of hydrogen-bond acceptors (Lipinski definition) is 6. The molecule has 0 spiro atoms. The number of cyclic esters (lactones) is 2. The summed E-state index contributed by atoms with van der Waals surface area (Å²) in [7, 11) is 0. The molecule has 0 aromatic carbocycles. The summed E-state index contributed by atoms with van der Waals surface area (Å²) in [6.45, 7) is 14.6. The zero-order valence-corrected chi connectivity index (χ0v) is 14.1. The van der Waals surface area contributed by atoms with Gasteiger partial charge in [0.1, 0.15) is 5.82 Å². The number of esters is 2. The van der Waals surface area contributed by atoms with Gasteiger partial charge in [-0.15, -0.1) is 0 Å². The van der Waals surface area contributed by atoms with E-state index in [0.29, 0.717) is 5.82 Å². The van der Waals surface area contributed by atoms with Crippen molar-refractivity contribution in [2.24, 2.45) is 0 Å². The first-order chi connectivity index (χ1) is 9.20. The molecule has 1 aliphatic rings. The lowest BCUT2D eigenvalue weighted by molar-refractivity contribution is -0.222. The van der Waals surface area contributed by atoms with Crippen LogP contribution in [0, 0.1) is 0 Å². The standard InChI is InChI=1S/C15H26N2O4/c1-13(2,3)16-10(17-14(4,5)6)9-11(18)20-15(7,8)21-12(9)19/h16-17H,1-8H3. The van der Waals surface area contributed by atoms with Crippen LogP contribution in [0.4, 0.5) is 0 Å².